The SMILES string of the molecule is CCC(C)CC(N)c1nccn1C. The average molecular weight is 181 g/mol. The first-order chi connectivity index (χ1) is 6.15. The minimum absolute atomic E-state index is 0.0787. The number of rotatable bonds is 4. The molecule has 0 amide bonds. The van der Waals surface area contributed by atoms with Crippen molar-refractivity contribution in [2.75, 3.05) is 0 Å². The Kier molecular flexibility index (Phi) is 3.48. The molecule has 0 aliphatic carbocycles. The fourth-order valence-electron chi connectivity index (χ4n) is 1.44. The Bertz CT molecular complexity index is 254. The summed E-state index contributed by atoms with van der Waals surface area (Å²) >= 11 is 0. The third-order valence-corrected chi connectivity index (χ3v) is 2.54. The lowest BCUT2D eigenvalue weighted by molar-refractivity contribution is 0.443. The van der Waals surface area contributed by atoms with Crippen LogP contribution in [0.15, 0.2) is 12.4 Å². The Labute approximate surface area is 80.0 Å². The summed E-state index contributed by atoms with van der Waals surface area (Å²) in [5.74, 6) is 1.66. The van der Waals surface area contributed by atoms with E-state index < -0.39 is 0 Å². The number of imidazole rings is 1. The Morgan fingerprint density at radius 1 is 1.62 bits per heavy atom. The van der Waals surface area contributed by atoms with Gasteiger partial charge in [-0.15, -0.1) is 0 Å². The lowest BCUT2D eigenvalue weighted by Gasteiger charge is -2.15. The molecule has 0 bridgehead atoms. The Morgan fingerprint density at radius 2 is 2.31 bits per heavy atom. The molecule has 0 aromatic carbocycles. The van der Waals surface area contributed by atoms with Crippen molar-refractivity contribution in [3.8, 4) is 0 Å². The Balaban J connectivity index is 2.58. The molecular formula is C10H19N3. The third kappa shape index (κ3) is 2.56. The molecular weight excluding hydrogens is 162 g/mol. The maximum Gasteiger partial charge on any atom is 0.125 e. The molecule has 1 aromatic heterocycles. The Hall–Kier alpha value is -0.830. The van der Waals surface area contributed by atoms with Gasteiger partial charge in [-0.25, -0.2) is 4.98 Å². The van der Waals surface area contributed by atoms with Gasteiger partial charge in [0.25, 0.3) is 0 Å². The molecule has 0 aliphatic rings. The molecule has 0 fully saturated rings. The second-order valence-electron chi connectivity index (χ2n) is 3.75. The maximum absolute atomic E-state index is 6.03. The predicted molar refractivity (Wildman–Crippen MR) is 54.2 cm³/mol. The molecule has 0 spiro atoms. The molecule has 13 heavy (non-hydrogen) atoms. The highest BCUT2D eigenvalue weighted by atomic mass is 15.1. The van der Waals surface area contributed by atoms with E-state index in [1.165, 1.54) is 6.42 Å². The summed E-state index contributed by atoms with van der Waals surface area (Å²) in [6.07, 6.45) is 5.93. The summed E-state index contributed by atoms with van der Waals surface area (Å²) < 4.78 is 1.99. The number of nitrogens with zero attached hydrogens (tertiary/aromatic N) is 2. The highest BCUT2D eigenvalue weighted by Crippen LogP contribution is 2.18. The lowest BCUT2D eigenvalue weighted by atomic mass is 9.99. The van der Waals surface area contributed by atoms with E-state index in [0.29, 0.717) is 5.92 Å². The van der Waals surface area contributed by atoms with Gasteiger partial charge in [-0.2, -0.15) is 0 Å². The van der Waals surface area contributed by atoms with Crippen molar-refractivity contribution in [2.24, 2.45) is 18.7 Å². The molecule has 1 heterocycles. The summed E-state index contributed by atoms with van der Waals surface area (Å²) in [5, 5.41) is 0. The van der Waals surface area contributed by atoms with Crippen LogP contribution >= 0.6 is 0 Å². The summed E-state index contributed by atoms with van der Waals surface area (Å²) in [6, 6.07) is 0.0787. The van der Waals surface area contributed by atoms with Gasteiger partial charge in [0.15, 0.2) is 0 Å². The van der Waals surface area contributed by atoms with Crippen LogP contribution in [0.5, 0.6) is 0 Å². The van der Waals surface area contributed by atoms with Crippen molar-refractivity contribution in [3.05, 3.63) is 18.2 Å². The zero-order valence-corrected chi connectivity index (χ0v) is 8.70. The first-order valence-corrected chi connectivity index (χ1v) is 4.88. The molecule has 0 radical (unpaired) electrons. The van der Waals surface area contributed by atoms with Crippen molar-refractivity contribution in [1.82, 2.24) is 9.55 Å². The molecule has 2 atom stereocenters. The molecule has 1 aromatic rings. The van der Waals surface area contributed by atoms with E-state index in [-0.39, 0.29) is 6.04 Å². The van der Waals surface area contributed by atoms with E-state index in [0.717, 1.165) is 12.2 Å². The number of hydrogen-bond donors (Lipinski definition) is 1. The lowest BCUT2D eigenvalue weighted by Crippen LogP contribution is -2.17. The molecule has 3 nitrogen and oxygen atoms in total. The van der Waals surface area contributed by atoms with Gasteiger partial charge in [-0.1, -0.05) is 20.3 Å². The summed E-state index contributed by atoms with van der Waals surface area (Å²) in [6.45, 7) is 4.42. The zero-order chi connectivity index (χ0) is 9.84. The van der Waals surface area contributed by atoms with E-state index in [1.54, 1.807) is 6.20 Å². The quantitative estimate of drug-likeness (QED) is 0.770. The van der Waals surface area contributed by atoms with Crippen LogP contribution in [0.4, 0.5) is 0 Å². The van der Waals surface area contributed by atoms with Gasteiger partial charge in [0.2, 0.25) is 0 Å². The summed E-state index contributed by atoms with van der Waals surface area (Å²) in [7, 11) is 1.98. The molecule has 74 valence electrons. The van der Waals surface area contributed by atoms with Crippen LogP contribution in [0.1, 0.15) is 38.6 Å². The zero-order valence-electron chi connectivity index (χ0n) is 8.70. The Morgan fingerprint density at radius 3 is 2.77 bits per heavy atom. The highest BCUT2D eigenvalue weighted by Gasteiger charge is 2.13. The normalized spacial score (nSPS) is 15.7. The van der Waals surface area contributed by atoms with Gasteiger partial charge in [-0.05, 0) is 12.3 Å². The maximum atomic E-state index is 6.03. The monoisotopic (exact) mass is 181 g/mol. The number of nitrogens with two attached hydrogens (primary N) is 1. The third-order valence-electron chi connectivity index (χ3n) is 2.54. The fraction of sp³-hybridized carbons (Fsp3) is 0.700. The van der Waals surface area contributed by atoms with Crippen molar-refractivity contribution >= 4 is 0 Å². The first-order valence-electron chi connectivity index (χ1n) is 4.88. The number of aryl methyl sites for hydroxylation is 1. The van der Waals surface area contributed by atoms with Crippen molar-refractivity contribution in [3.63, 3.8) is 0 Å². The molecule has 0 saturated heterocycles. The largest absolute Gasteiger partial charge is 0.337 e. The van der Waals surface area contributed by atoms with Crippen LogP contribution < -0.4 is 5.73 Å². The minimum atomic E-state index is 0.0787. The summed E-state index contributed by atoms with van der Waals surface area (Å²) in [5.41, 5.74) is 6.03. The van der Waals surface area contributed by atoms with Crippen molar-refractivity contribution in [1.29, 1.82) is 0 Å². The predicted octanol–water partition coefficient (Wildman–Crippen LogP) is 1.86. The van der Waals surface area contributed by atoms with Gasteiger partial charge in [0.05, 0.1) is 6.04 Å². The van der Waals surface area contributed by atoms with E-state index in [9.17, 15) is 0 Å². The molecule has 0 aliphatic heterocycles. The first kappa shape index (κ1) is 10.3. The van der Waals surface area contributed by atoms with Crippen molar-refractivity contribution in [2.45, 2.75) is 32.7 Å². The van der Waals surface area contributed by atoms with E-state index in [2.05, 4.69) is 18.8 Å². The number of hydrogen-bond acceptors (Lipinski definition) is 2. The standard InChI is InChI=1S/C10H19N3/c1-4-8(2)7-9(11)10-12-5-6-13(10)3/h5-6,8-9H,4,7,11H2,1-3H3. The fourth-order valence-corrected chi connectivity index (χ4v) is 1.44. The summed E-state index contributed by atoms with van der Waals surface area (Å²) in [4.78, 5) is 4.24. The second kappa shape index (κ2) is 4.42. The van der Waals surface area contributed by atoms with Crippen LogP contribution in [0, 0.1) is 5.92 Å². The minimum Gasteiger partial charge on any atom is -0.337 e. The smallest absolute Gasteiger partial charge is 0.125 e. The van der Waals surface area contributed by atoms with Gasteiger partial charge in [0, 0.05) is 19.4 Å². The topological polar surface area (TPSA) is 43.8 Å². The van der Waals surface area contributed by atoms with Crippen LogP contribution in [0.2, 0.25) is 0 Å². The van der Waals surface area contributed by atoms with Crippen LogP contribution in [0.25, 0.3) is 0 Å². The van der Waals surface area contributed by atoms with E-state index in [4.69, 9.17) is 5.73 Å². The molecule has 3 heteroatoms. The second-order valence-corrected chi connectivity index (χ2v) is 3.75. The van der Waals surface area contributed by atoms with Gasteiger partial charge < -0.3 is 10.3 Å². The van der Waals surface area contributed by atoms with Crippen LogP contribution in [0.3, 0.4) is 0 Å². The number of aromatic nitrogens is 2. The van der Waals surface area contributed by atoms with Gasteiger partial charge >= 0.3 is 0 Å². The molecule has 2 N–H and O–H groups in total. The van der Waals surface area contributed by atoms with Crippen LogP contribution in [-0.2, 0) is 7.05 Å². The molecule has 2 unspecified atom stereocenters. The van der Waals surface area contributed by atoms with E-state index in [1.807, 2.05) is 17.8 Å². The van der Waals surface area contributed by atoms with E-state index >= 15 is 0 Å². The van der Waals surface area contributed by atoms with Gasteiger partial charge in [-0.3, -0.25) is 0 Å². The van der Waals surface area contributed by atoms with Crippen molar-refractivity contribution < 1.29 is 0 Å². The molecule has 1 rings (SSSR count). The van der Waals surface area contributed by atoms with Crippen LogP contribution in [-0.4, -0.2) is 9.55 Å². The van der Waals surface area contributed by atoms with Gasteiger partial charge in [0.1, 0.15) is 5.82 Å². The highest BCUT2D eigenvalue weighted by molar-refractivity contribution is 4.97. The average Bonchev–Trinajstić information content (AvgIpc) is 2.51. The molecule has 0 saturated carbocycles.